The van der Waals surface area contributed by atoms with Crippen molar-refractivity contribution in [2.75, 3.05) is 0 Å². The van der Waals surface area contributed by atoms with E-state index in [4.69, 9.17) is 4.52 Å². The lowest BCUT2D eigenvalue weighted by Crippen LogP contribution is -2.06. The Balaban J connectivity index is 1.91. The minimum Gasteiger partial charge on any atom is -0.332 e. The third-order valence-electron chi connectivity index (χ3n) is 2.81. The smallest absolute Gasteiger partial charge is 0.276 e. The summed E-state index contributed by atoms with van der Waals surface area (Å²) in [7, 11) is 0. The van der Waals surface area contributed by atoms with Crippen LogP contribution in [0.3, 0.4) is 0 Å². The van der Waals surface area contributed by atoms with Gasteiger partial charge >= 0.3 is 0 Å². The summed E-state index contributed by atoms with van der Waals surface area (Å²) < 4.78 is 7.14. The molecule has 1 atom stereocenters. The molecule has 3 aromatic rings. The van der Waals surface area contributed by atoms with Crippen LogP contribution in [0.25, 0.3) is 11.6 Å². The normalized spacial score (nSPS) is 12.5. The zero-order valence-corrected chi connectivity index (χ0v) is 10.6. The lowest BCUT2D eigenvalue weighted by molar-refractivity contribution is 0.411. The van der Waals surface area contributed by atoms with Gasteiger partial charge in [0.15, 0.2) is 5.82 Å². The van der Waals surface area contributed by atoms with E-state index in [0.717, 1.165) is 5.69 Å². The van der Waals surface area contributed by atoms with Crippen molar-refractivity contribution < 1.29 is 4.52 Å². The van der Waals surface area contributed by atoms with Crippen molar-refractivity contribution in [2.24, 2.45) is 0 Å². The van der Waals surface area contributed by atoms with Crippen LogP contribution in [0, 0.1) is 6.92 Å². The maximum atomic E-state index is 5.24. The van der Waals surface area contributed by atoms with Crippen molar-refractivity contribution in [1.82, 2.24) is 29.7 Å². The molecule has 3 rings (SSSR count). The first-order valence-corrected chi connectivity index (χ1v) is 5.84. The molecular formula is C12H12N6O. The van der Waals surface area contributed by atoms with Crippen LogP contribution in [-0.4, -0.2) is 29.7 Å². The van der Waals surface area contributed by atoms with Gasteiger partial charge in [-0.25, -0.2) is 15.0 Å². The topological polar surface area (TPSA) is 82.5 Å². The number of rotatable bonds is 3. The van der Waals surface area contributed by atoms with Gasteiger partial charge in [0.05, 0.1) is 12.4 Å². The highest BCUT2D eigenvalue weighted by atomic mass is 16.5. The SMILES string of the molecule is Cc1cc(-c2nc([C@H](C)n3ccnc3)no2)ncn1. The molecule has 0 radical (unpaired) electrons. The third kappa shape index (κ3) is 2.22. The minimum absolute atomic E-state index is 0.0389. The molecule has 7 nitrogen and oxygen atoms in total. The molecule has 0 aliphatic carbocycles. The summed E-state index contributed by atoms with van der Waals surface area (Å²) in [6, 6.07) is 1.77. The molecule has 0 aliphatic rings. The number of aromatic nitrogens is 6. The molecule has 3 aromatic heterocycles. The average Bonchev–Trinajstić information content (AvgIpc) is 3.10. The monoisotopic (exact) mass is 256 g/mol. The van der Waals surface area contributed by atoms with E-state index >= 15 is 0 Å². The maximum Gasteiger partial charge on any atom is 0.276 e. The van der Waals surface area contributed by atoms with Crippen LogP contribution in [0.4, 0.5) is 0 Å². The lowest BCUT2D eigenvalue weighted by Gasteiger charge is -2.06. The minimum atomic E-state index is -0.0389. The summed E-state index contributed by atoms with van der Waals surface area (Å²) in [5.74, 6) is 0.983. The van der Waals surface area contributed by atoms with Crippen LogP contribution in [0.1, 0.15) is 24.5 Å². The second-order valence-corrected chi connectivity index (χ2v) is 4.19. The molecule has 96 valence electrons. The fraction of sp³-hybridized carbons (Fsp3) is 0.250. The first-order chi connectivity index (χ1) is 9.24. The van der Waals surface area contributed by atoms with Gasteiger partial charge < -0.3 is 9.09 Å². The van der Waals surface area contributed by atoms with Gasteiger partial charge in [0.2, 0.25) is 0 Å². The molecule has 0 fully saturated rings. The van der Waals surface area contributed by atoms with Crippen LogP contribution in [-0.2, 0) is 0 Å². The number of aryl methyl sites for hydroxylation is 1. The van der Waals surface area contributed by atoms with E-state index in [1.165, 1.54) is 6.33 Å². The largest absolute Gasteiger partial charge is 0.332 e. The second kappa shape index (κ2) is 4.60. The highest BCUT2D eigenvalue weighted by Gasteiger charge is 2.16. The fourth-order valence-corrected chi connectivity index (χ4v) is 1.71. The van der Waals surface area contributed by atoms with E-state index in [2.05, 4.69) is 25.1 Å². The standard InChI is InChI=1S/C12H12N6O/c1-8-5-10(15-6-14-8)12-16-11(17-19-12)9(2)18-4-3-13-7-18/h3-7,9H,1-2H3/t9-/m0/s1. The number of hydrogen-bond acceptors (Lipinski definition) is 6. The first-order valence-electron chi connectivity index (χ1n) is 5.84. The molecule has 19 heavy (non-hydrogen) atoms. The van der Waals surface area contributed by atoms with E-state index < -0.39 is 0 Å². The van der Waals surface area contributed by atoms with E-state index in [9.17, 15) is 0 Å². The predicted molar refractivity (Wildman–Crippen MR) is 66.1 cm³/mol. The molecular weight excluding hydrogens is 244 g/mol. The van der Waals surface area contributed by atoms with Crippen molar-refractivity contribution in [3.05, 3.63) is 42.6 Å². The summed E-state index contributed by atoms with van der Waals surface area (Å²) in [6.45, 7) is 3.86. The molecule has 0 aliphatic heterocycles. The molecule has 0 N–H and O–H groups in total. The Bertz CT molecular complexity index is 675. The van der Waals surface area contributed by atoms with E-state index in [-0.39, 0.29) is 6.04 Å². The van der Waals surface area contributed by atoms with E-state index in [0.29, 0.717) is 17.4 Å². The summed E-state index contributed by atoms with van der Waals surface area (Å²) in [4.78, 5) is 16.5. The first kappa shape index (κ1) is 11.5. The summed E-state index contributed by atoms with van der Waals surface area (Å²) in [6.07, 6.45) is 6.77. The Hall–Kier alpha value is -2.57. The van der Waals surface area contributed by atoms with Gasteiger partial charge in [0.1, 0.15) is 12.0 Å². The maximum absolute atomic E-state index is 5.24. The van der Waals surface area contributed by atoms with Crippen molar-refractivity contribution in [3.63, 3.8) is 0 Å². The van der Waals surface area contributed by atoms with Crippen molar-refractivity contribution in [1.29, 1.82) is 0 Å². The Morgan fingerprint density at radius 1 is 1.32 bits per heavy atom. The fourth-order valence-electron chi connectivity index (χ4n) is 1.71. The van der Waals surface area contributed by atoms with E-state index in [1.807, 2.05) is 24.6 Å². The van der Waals surface area contributed by atoms with Gasteiger partial charge in [-0.05, 0) is 19.9 Å². The van der Waals surface area contributed by atoms with Crippen LogP contribution in [0.15, 0.2) is 35.6 Å². The van der Waals surface area contributed by atoms with Crippen LogP contribution in [0.5, 0.6) is 0 Å². The Morgan fingerprint density at radius 3 is 2.95 bits per heavy atom. The van der Waals surface area contributed by atoms with Crippen LogP contribution >= 0.6 is 0 Å². The summed E-state index contributed by atoms with van der Waals surface area (Å²) in [5, 5.41) is 3.98. The number of hydrogen-bond donors (Lipinski definition) is 0. The highest BCUT2D eigenvalue weighted by Crippen LogP contribution is 2.19. The Labute approximate surface area is 109 Å². The summed E-state index contributed by atoms with van der Waals surface area (Å²) in [5.41, 5.74) is 1.48. The van der Waals surface area contributed by atoms with Gasteiger partial charge in [0, 0.05) is 18.1 Å². The molecule has 0 amide bonds. The van der Waals surface area contributed by atoms with Crippen molar-refractivity contribution in [3.8, 4) is 11.6 Å². The molecule has 7 heteroatoms. The molecule has 0 bridgehead atoms. The van der Waals surface area contributed by atoms with Gasteiger partial charge in [-0.3, -0.25) is 0 Å². The van der Waals surface area contributed by atoms with Crippen molar-refractivity contribution in [2.45, 2.75) is 19.9 Å². The summed E-state index contributed by atoms with van der Waals surface area (Å²) >= 11 is 0. The third-order valence-corrected chi connectivity index (χ3v) is 2.81. The molecule has 0 spiro atoms. The number of imidazole rings is 1. The zero-order valence-electron chi connectivity index (χ0n) is 10.6. The van der Waals surface area contributed by atoms with Crippen LogP contribution < -0.4 is 0 Å². The molecule has 0 saturated heterocycles. The van der Waals surface area contributed by atoms with Gasteiger partial charge in [-0.2, -0.15) is 4.98 Å². The highest BCUT2D eigenvalue weighted by molar-refractivity contribution is 5.46. The Kier molecular flexibility index (Phi) is 2.79. The van der Waals surface area contributed by atoms with Gasteiger partial charge in [-0.1, -0.05) is 5.16 Å². The second-order valence-electron chi connectivity index (χ2n) is 4.19. The Morgan fingerprint density at radius 2 is 2.21 bits per heavy atom. The zero-order chi connectivity index (χ0) is 13.2. The van der Waals surface area contributed by atoms with Crippen LogP contribution in [0.2, 0.25) is 0 Å². The quantitative estimate of drug-likeness (QED) is 0.708. The van der Waals surface area contributed by atoms with Gasteiger partial charge in [0.25, 0.3) is 5.89 Å². The molecule has 0 unspecified atom stereocenters. The lowest BCUT2D eigenvalue weighted by atomic mass is 10.3. The molecule has 3 heterocycles. The molecule has 0 aromatic carbocycles. The molecule has 0 saturated carbocycles. The predicted octanol–water partition coefficient (Wildman–Crippen LogP) is 1.64. The van der Waals surface area contributed by atoms with E-state index in [1.54, 1.807) is 18.6 Å². The average molecular weight is 256 g/mol. The van der Waals surface area contributed by atoms with Gasteiger partial charge in [-0.15, -0.1) is 0 Å². The van der Waals surface area contributed by atoms with Crippen molar-refractivity contribution >= 4 is 0 Å². The number of nitrogens with zero attached hydrogens (tertiary/aromatic N) is 6.